The van der Waals surface area contributed by atoms with Gasteiger partial charge in [-0.3, -0.25) is 13.4 Å². The van der Waals surface area contributed by atoms with Crippen LogP contribution in [0.4, 0.5) is 37.7 Å². The Labute approximate surface area is 291 Å². The van der Waals surface area contributed by atoms with E-state index in [9.17, 15) is 17.2 Å². The van der Waals surface area contributed by atoms with Crippen molar-refractivity contribution in [3.8, 4) is 0 Å². The molecule has 0 bridgehead atoms. The molecule has 2 N–H and O–H groups in total. The number of anilines is 5. The van der Waals surface area contributed by atoms with Crippen molar-refractivity contribution in [2.45, 2.75) is 41.4 Å². The summed E-state index contributed by atoms with van der Waals surface area (Å²) in [7, 11) is -2.27. The molecule has 49 heavy (non-hydrogen) atoms. The minimum atomic E-state index is -1.14. The number of hydrogen-bond acceptors (Lipinski definition) is 10. The van der Waals surface area contributed by atoms with Crippen molar-refractivity contribution in [2.24, 2.45) is 0 Å². The number of nitrogens with zero attached hydrogens (tertiary/aromatic N) is 6. The van der Waals surface area contributed by atoms with Crippen molar-refractivity contribution in [1.29, 1.82) is 0 Å². The zero-order valence-corrected chi connectivity index (χ0v) is 28.5. The highest BCUT2D eigenvalue weighted by Crippen LogP contribution is 2.35. The van der Waals surface area contributed by atoms with Gasteiger partial charge in [-0.25, -0.2) is 18.7 Å². The summed E-state index contributed by atoms with van der Waals surface area (Å²) in [5.41, 5.74) is 3.96. The van der Waals surface area contributed by atoms with Gasteiger partial charge in [0.05, 0.1) is 33.0 Å². The van der Waals surface area contributed by atoms with Gasteiger partial charge in [0, 0.05) is 61.2 Å². The third-order valence-corrected chi connectivity index (χ3v) is 11.6. The van der Waals surface area contributed by atoms with E-state index in [4.69, 9.17) is 21.6 Å². The van der Waals surface area contributed by atoms with E-state index in [0.29, 0.717) is 74.7 Å². The van der Waals surface area contributed by atoms with Gasteiger partial charge in [-0.1, -0.05) is 12.1 Å². The van der Waals surface area contributed by atoms with Crippen LogP contribution in [0.25, 0.3) is 0 Å². The second-order valence-electron chi connectivity index (χ2n) is 11.7. The van der Waals surface area contributed by atoms with E-state index in [1.807, 2.05) is 12.4 Å². The second-order valence-corrected chi connectivity index (χ2v) is 15.0. The number of piperidine rings is 1. The molecule has 6 heterocycles. The van der Waals surface area contributed by atoms with Crippen LogP contribution in [0, 0.1) is 11.6 Å². The lowest BCUT2D eigenvalue weighted by atomic mass is 9.90. The lowest BCUT2D eigenvalue weighted by Gasteiger charge is -2.32. The topological polar surface area (TPSA) is 126 Å². The minimum absolute atomic E-state index is 0.0940. The summed E-state index contributed by atoms with van der Waals surface area (Å²) < 4.78 is 51.2. The third kappa shape index (κ3) is 7.61. The SMILES string of the molecule is O=S1CCc2nc(Cl)nc(Nc3cccc(F)c3)c21.O=S1CCc2nc(N3CCC(c4ccncc4)CC3)nc(Nc3cccc(F)c3)c21. The van der Waals surface area contributed by atoms with E-state index in [2.05, 4.69) is 42.6 Å². The number of nitrogens with one attached hydrogen (secondary N) is 2. The quantitative estimate of drug-likeness (QED) is 0.188. The van der Waals surface area contributed by atoms with Gasteiger partial charge >= 0.3 is 0 Å². The number of rotatable bonds is 6. The number of halogens is 3. The Bertz CT molecular complexity index is 2050. The molecule has 5 aromatic rings. The Morgan fingerprint density at radius 2 is 1.29 bits per heavy atom. The Hall–Kier alpha value is -4.40. The van der Waals surface area contributed by atoms with Gasteiger partial charge in [-0.2, -0.15) is 9.97 Å². The molecule has 0 aliphatic carbocycles. The highest BCUT2D eigenvalue weighted by atomic mass is 35.5. The third-order valence-electron chi connectivity index (χ3n) is 8.47. The van der Waals surface area contributed by atoms with Crippen molar-refractivity contribution in [1.82, 2.24) is 24.9 Å². The van der Waals surface area contributed by atoms with E-state index in [1.54, 1.807) is 24.3 Å². The highest BCUT2D eigenvalue weighted by Gasteiger charge is 2.29. The van der Waals surface area contributed by atoms with Crippen LogP contribution in [-0.4, -0.2) is 57.9 Å². The fraction of sp³-hybridized carbons (Fsp3) is 0.265. The maximum absolute atomic E-state index is 13.6. The van der Waals surface area contributed by atoms with E-state index in [-0.39, 0.29) is 16.9 Å². The summed E-state index contributed by atoms with van der Waals surface area (Å²) in [6.07, 6.45) is 7.00. The van der Waals surface area contributed by atoms with Crippen molar-refractivity contribution < 1.29 is 17.2 Å². The van der Waals surface area contributed by atoms with Gasteiger partial charge in [-0.05, 0) is 84.5 Å². The number of hydrogen-bond donors (Lipinski definition) is 2. The molecule has 2 atom stereocenters. The van der Waals surface area contributed by atoms with Crippen LogP contribution in [0.15, 0.2) is 82.8 Å². The van der Waals surface area contributed by atoms with Crippen molar-refractivity contribution >= 4 is 62.2 Å². The second kappa shape index (κ2) is 14.6. The first-order chi connectivity index (χ1) is 23.8. The van der Waals surface area contributed by atoms with Gasteiger partial charge in [0.25, 0.3) is 0 Å². The van der Waals surface area contributed by atoms with E-state index < -0.39 is 21.6 Å². The molecule has 8 rings (SSSR count). The number of fused-ring (bicyclic) bond motifs is 2. The lowest BCUT2D eigenvalue weighted by molar-refractivity contribution is 0.498. The predicted molar refractivity (Wildman–Crippen MR) is 187 cm³/mol. The average molecular weight is 721 g/mol. The maximum Gasteiger partial charge on any atom is 0.227 e. The molecule has 0 saturated carbocycles. The molecule has 1 saturated heterocycles. The largest absolute Gasteiger partial charge is 0.341 e. The Balaban J connectivity index is 0.000000171. The van der Waals surface area contributed by atoms with Crippen LogP contribution in [0.3, 0.4) is 0 Å². The number of aryl methyl sites for hydroxylation is 2. The lowest BCUT2D eigenvalue weighted by Crippen LogP contribution is -2.34. The van der Waals surface area contributed by atoms with E-state index >= 15 is 0 Å². The molecular formula is C34H31ClF2N8O2S2. The molecular weight excluding hydrogens is 690 g/mol. The van der Waals surface area contributed by atoms with Crippen LogP contribution >= 0.6 is 11.6 Å². The number of aromatic nitrogens is 5. The number of pyridine rings is 1. The predicted octanol–water partition coefficient (Wildman–Crippen LogP) is 6.48. The van der Waals surface area contributed by atoms with Crippen molar-refractivity contribution in [3.05, 3.63) is 107 Å². The van der Waals surface area contributed by atoms with Gasteiger partial charge in [0.15, 0.2) is 11.6 Å². The van der Waals surface area contributed by atoms with Crippen molar-refractivity contribution in [3.63, 3.8) is 0 Å². The van der Waals surface area contributed by atoms with Crippen LogP contribution in [-0.2, 0) is 34.4 Å². The fourth-order valence-corrected chi connectivity index (χ4v) is 8.91. The first-order valence-electron chi connectivity index (χ1n) is 15.7. The molecule has 3 aliphatic heterocycles. The summed E-state index contributed by atoms with van der Waals surface area (Å²) in [5, 5.41) is 6.21. The Morgan fingerprint density at radius 3 is 1.86 bits per heavy atom. The zero-order chi connectivity index (χ0) is 33.9. The molecule has 3 aromatic heterocycles. The molecule has 3 aliphatic rings. The minimum Gasteiger partial charge on any atom is -0.341 e. The van der Waals surface area contributed by atoms with Crippen LogP contribution in [0.1, 0.15) is 35.7 Å². The Morgan fingerprint density at radius 1 is 0.735 bits per heavy atom. The van der Waals surface area contributed by atoms with Gasteiger partial charge in [0.1, 0.15) is 21.4 Å². The van der Waals surface area contributed by atoms with Crippen LogP contribution < -0.4 is 15.5 Å². The smallest absolute Gasteiger partial charge is 0.227 e. The fourth-order valence-electron chi connectivity index (χ4n) is 6.12. The van der Waals surface area contributed by atoms with Gasteiger partial charge in [-0.15, -0.1) is 0 Å². The zero-order valence-electron chi connectivity index (χ0n) is 26.1. The average Bonchev–Trinajstić information content (AvgIpc) is 3.67. The molecule has 2 unspecified atom stereocenters. The van der Waals surface area contributed by atoms with Gasteiger partial charge < -0.3 is 15.5 Å². The molecule has 252 valence electrons. The van der Waals surface area contributed by atoms with Crippen LogP contribution in [0.5, 0.6) is 0 Å². The number of benzene rings is 2. The molecule has 0 amide bonds. The summed E-state index contributed by atoms with van der Waals surface area (Å²) in [5.74, 6) is 2.45. The molecule has 10 nitrogen and oxygen atoms in total. The monoisotopic (exact) mass is 720 g/mol. The Kier molecular flexibility index (Phi) is 9.87. The molecule has 0 radical (unpaired) electrons. The van der Waals surface area contributed by atoms with Gasteiger partial charge in [0.2, 0.25) is 11.2 Å². The summed E-state index contributed by atoms with van der Waals surface area (Å²) in [6, 6.07) is 16.3. The molecule has 0 spiro atoms. The maximum atomic E-state index is 13.6. The first kappa shape index (κ1) is 33.1. The molecule has 1 fully saturated rings. The van der Waals surface area contributed by atoms with E-state index in [1.165, 1.54) is 29.8 Å². The summed E-state index contributed by atoms with van der Waals surface area (Å²) in [6.45, 7) is 1.71. The highest BCUT2D eigenvalue weighted by molar-refractivity contribution is 7.85. The normalized spacial score (nSPS) is 18.3. The molecule has 15 heteroatoms. The molecule has 2 aromatic carbocycles. The van der Waals surface area contributed by atoms with Crippen molar-refractivity contribution in [2.75, 3.05) is 40.1 Å². The summed E-state index contributed by atoms with van der Waals surface area (Å²) in [4.78, 5) is 25.1. The van der Waals surface area contributed by atoms with E-state index in [0.717, 1.165) is 31.6 Å². The first-order valence-corrected chi connectivity index (χ1v) is 18.8. The summed E-state index contributed by atoms with van der Waals surface area (Å²) >= 11 is 5.84. The standard InChI is InChI=1S/C22H22FN5OS.C12H9ClFN3OS/c23-17-2-1-3-18(14-17)25-21-20-19(8-13-30(20)29)26-22(27-21)28-11-6-16(7-12-28)15-4-9-24-10-5-15;13-12-16-9-4-5-19(18)10(9)11(17-12)15-8-3-1-2-7(14)6-8/h1-5,9-10,14,16H,6-8,11-13H2,(H,25,26,27);1-3,6H,4-5H2,(H,15,16,17). The van der Waals surface area contributed by atoms with Crippen LogP contribution in [0.2, 0.25) is 5.28 Å².